The molecule has 0 spiro atoms. The van der Waals surface area contributed by atoms with E-state index in [1.165, 1.54) is 25.3 Å². The Balaban J connectivity index is 2.46. The van der Waals surface area contributed by atoms with Crippen LogP contribution in [0.15, 0.2) is 28.9 Å². The summed E-state index contributed by atoms with van der Waals surface area (Å²) in [6.07, 6.45) is 4.17. The van der Waals surface area contributed by atoms with Crippen molar-refractivity contribution in [3.63, 3.8) is 0 Å². The van der Waals surface area contributed by atoms with Crippen molar-refractivity contribution in [1.29, 1.82) is 0 Å². The highest BCUT2D eigenvalue weighted by molar-refractivity contribution is 5.93. The number of carboxylic acid groups (broad SMARTS) is 1. The van der Waals surface area contributed by atoms with Crippen molar-refractivity contribution in [2.45, 2.75) is 13.0 Å². The first-order valence-corrected chi connectivity index (χ1v) is 4.34. The van der Waals surface area contributed by atoms with Gasteiger partial charge in [0, 0.05) is 6.08 Å². The van der Waals surface area contributed by atoms with Crippen LogP contribution in [0.25, 0.3) is 6.08 Å². The third-order valence-electron chi connectivity index (χ3n) is 1.67. The Bertz CT molecular complexity index is 367. The zero-order valence-electron chi connectivity index (χ0n) is 8.14. The molecule has 1 rings (SSSR count). The van der Waals surface area contributed by atoms with E-state index < -0.39 is 17.9 Å². The van der Waals surface area contributed by atoms with Crippen molar-refractivity contribution in [3.8, 4) is 0 Å². The fourth-order valence-corrected chi connectivity index (χ4v) is 0.867. The molecule has 5 heteroatoms. The minimum Gasteiger partial charge on any atom is -0.480 e. The van der Waals surface area contributed by atoms with Gasteiger partial charge in [-0.2, -0.15) is 0 Å². The van der Waals surface area contributed by atoms with Crippen LogP contribution in [0.4, 0.5) is 0 Å². The number of hydrogen-bond acceptors (Lipinski definition) is 3. The molecule has 5 nitrogen and oxygen atoms in total. The predicted octanol–water partition coefficient (Wildman–Crippen LogP) is 0.882. The molecule has 0 bridgehead atoms. The number of rotatable bonds is 4. The molecule has 2 N–H and O–H groups in total. The predicted molar refractivity (Wildman–Crippen MR) is 53.0 cm³/mol. The largest absolute Gasteiger partial charge is 0.480 e. The second-order valence-corrected chi connectivity index (χ2v) is 2.92. The van der Waals surface area contributed by atoms with Gasteiger partial charge in [-0.15, -0.1) is 0 Å². The zero-order chi connectivity index (χ0) is 11.3. The van der Waals surface area contributed by atoms with E-state index in [4.69, 9.17) is 9.52 Å². The van der Waals surface area contributed by atoms with Crippen LogP contribution in [-0.2, 0) is 9.59 Å². The maximum Gasteiger partial charge on any atom is 0.325 e. The molecule has 1 atom stereocenters. The summed E-state index contributed by atoms with van der Waals surface area (Å²) in [6, 6.07) is 2.47. The Hall–Kier alpha value is -2.04. The molecule has 0 aliphatic carbocycles. The molecule has 1 aromatic rings. The van der Waals surface area contributed by atoms with Crippen LogP contribution in [0, 0.1) is 0 Å². The van der Waals surface area contributed by atoms with Gasteiger partial charge in [0.2, 0.25) is 5.91 Å². The lowest BCUT2D eigenvalue weighted by molar-refractivity contribution is -0.140. The van der Waals surface area contributed by atoms with Gasteiger partial charge in [0.1, 0.15) is 11.8 Å². The van der Waals surface area contributed by atoms with Gasteiger partial charge in [-0.25, -0.2) is 0 Å². The van der Waals surface area contributed by atoms with E-state index in [0.29, 0.717) is 5.76 Å². The van der Waals surface area contributed by atoms with Crippen LogP contribution < -0.4 is 5.32 Å². The summed E-state index contributed by atoms with van der Waals surface area (Å²) < 4.78 is 4.95. The molecule has 0 aromatic carbocycles. The minimum atomic E-state index is -1.07. The zero-order valence-corrected chi connectivity index (χ0v) is 8.14. The fourth-order valence-electron chi connectivity index (χ4n) is 0.867. The Kier molecular flexibility index (Phi) is 3.68. The van der Waals surface area contributed by atoms with Crippen LogP contribution in [0.1, 0.15) is 12.7 Å². The maximum atomic E-state index is 11.2. The second-order valence-electron chi connectivity index (χ2n) is 2.92. The number of furan rings is 1. The summed E-state index contributed by atoms with van der Waals surface area (Å²) in [5.41, 5.74) is 0. The number of carboxylic acids is 1. The Morgan fingerprint density at radius 2 is 2.33 bits per heavy atom. The first-order chi connectivity index (χ1) is 7.09. The van der Waals surface area contributed by atoms with Gasteiger partial charge < -0.3 is 14.8 Å². The van der Waals surface area contributed by atoms with Crippen molar-refractivity contribution >= 4 is 18.0 Å². The number of amides is 1. The van der Waals surface area contributed by atoms with Crippen LogP contribution in [-0.4, -0.2) is 23.0 Å². The lowest BCUT2D eigenvalue weighted by Crippen LogP contribution is -2.37. The van der Waals surface area contributed by atoms with E-state index in [9.17, 15) is 9.59 Å². The summed E-state index contributed by atoms with van der Waals surface area (Å²) in [7, 11) is 0. The van der Waals surface area contributed by atoms with Crippen LogP contribution >= 0.6 is 0 Å². The van der Waals surface area contributed by atoms with Crippen molar-refractivity contribution in [1.82, 2.24) is 5.32 Å². The number of nitrogens with one attached hydrogen (secondary N) is 1. The van der Waals surface area contributed by atoms with Gasteiger partial charge in [-0.1, -0.05) is 0 Å². The topological polar surface area (TPSA) is 79.5 Å². The smallest absolute Gasteiger partial charge is 0.325 e. The van der Waals surface area contributed by atoms with Gasteiger partial charge in [0.15, 0.2) is 0 Å². The van der Waals surface area contributed by atoms with Crippen molar-refractivity contribution in [2.75, 3.05) is 0 Å². The highest BCUT2D eigenvalue weighted by atomic mass is 16.4. The average molecular weight is 209 g/mol. The molecular formula is C10H11NO4. The third kappa shape index (κ3) is 3.68. The Labute approximate surface area is 86.4 Å². The molecular weight excluding hydrogens is 198 g/mol. The summed E-state index contributed by atoms with van der Waals surface area (Å²) in [4.78, 5) is 21.6. The molecule has 0 aliphatic heterocycles. The summed E-state index contributed by atoms with van der Waals surface area (Å²) in [5, 5.41) is 10.8. The molecule has 0 fully saturated rings. The van der Waals surface area contributed by atoms with Gasteiger partial charge in [0.25, 0.3) is 0 Å². The number of hydrogen-bond donors (Lipinski definition) is 2. The van der Waals surface area contributed by atoms with Crippen molar-refractivity contribution < 1.29 is 19.1 Å². The monoisotopic (exact) mass is 209 g/mol. The van der Waals surface area contributed by atoms with E-state index in [2.05, 4.69) is 5.32 Å². The Morgan fingerprint density at radius 1 is 1.60 bits per heavy atom. The van der Waals surface area contributed by atoms with E-state index in [-0.39, 0.29) is 0 Å². The normalized spacial score (nSPS) is 12.6. The molecule has 0 aliphatic rings. The fraction of sp³-hybridized carbons (Fsp3) is 0.200. The number of carbonyl (C=O) groups excluding carboxylic acids is 1. The van der Waals surface area contributed by atoms with Gasteiger partial charge >= 0.3 is 5.97 Å². The lowest BCUT2D eigenvalue weighted by atomic mass is 10.3. The van der Waals surface area contributed by atoms with E-state index in [1.807, 2.05) is 0 Å². The first-order valence-electron chi connectivity index (χ1n) is 4.34. The number of carbonyl (C=O) groups is 2. The standard InChI is InChI=1S/C10H11NO4/c1-7(10(13)14)11-9(12)5-4-8-3-2-6-15-8/h2-7H,1H3,(H,11,12)(H,13,14)/t7-/m0/s1. The van der Waals surface area contributed by atoms with Gasteiger partial charge in [0.05, 0.1) is 6.26 Å². The summed E-state index contributed by atoms with van der Waals surface area (Å²) >= 11 is 0. The number of aliphatic carboxylic acids is 1. The first kappa shape index (κ1) is 11.0. The van der Waals surface area contributed by atoms with E-state index in [0.717, 1.165) is 0 Å². The average Bonchev–Trinajstić information content (AvgIpc) is 2.66. The van der Waals surface area contributed by atoms with Crippen LogP contribution in [0.2, 0.25) is 0 Å². The van der Waals surface area contributed by atoms with Crippen LogP contribution in [0.3, 0.4) is 0 Å². The molecule has 0 saturated carbocycles. The highest BCUT2D eigenvalue weighted by Gasteiger charge is 2.11. The SMILES string of the molecule is C[C@H](NC(=O)C=Cc1ccco1)C(=O)O. The molecule has 1 aromatic heterocycles. The molecule has 1 amide bonds. The molecule has 80 valence electrons. The van der Waals surface area contributed by atoms with E-state index in [1.54, 1.807) is 12.1 Å². The maximum absolute atomic E-state index is 11.2. The molecule has 0 radical (unpaired) electrons. The van der Waals surface area contributed by atoms with E-state index >= 15 is 0 Å². The lowest BCUT2D eigenvalue weighted by Gasteiger charge is -2.05. The second kappa shape index (κ2) is 4.99. The van der Waals surface area contributed by atoms with Crippen LogP contribution in [0.5, 0.6) is 0 Å². The quantitative estimate of drug-likeness (QED) is 0.721. The molecule has 0 saturated heterocycles. The Morgan fingerprint density at radius 3 is 2.87 bits per heavy atom. The molecule has 0 unspecified atom stereocenters. The van der Waals surface area contributed by atoms with Crippen molar-refractivity contribution in [3.05, 3.63) is 30.2 Å². The highest BCUT2D eigenvalue weighted by Crippen LogP contribution is 2.01. The molecule has 1 heterocycles. The third-order valence-corrected chi connectivity index (χ3v) is 1.67. The van der Waals surface area contributed by atoms with Gasteiger partial charge in [-0.3, -0.25) is 9.59 Å². The molecule has 15 heavy (non-hydrogen) atoms. The summed E-state index contributed by atoms with van der Waals surface area (Å²) in [5.74, 6) is -1.01. The minimum absolute atomic E-state index is 0.471. The van der Waals surface area contributed by atoms with Crippen molar-refractivity contribution in [2.24, 2.45) is 0 Å². The summed E-state index contributed by atoms with van der Waals surface area (Å²) in [6.45, 7) is 1.39. The van der Waals surface area contributed by atoms with Gasteiger partial charge in [-0.05, 0) is 25.1 Å².